The van der Waals surface area contributed by atoms with Gasteiger partial charge in [0.1, 0.15) is 0 Å². The summed E-state index contributed by atoms with van der Waals surface area (Å²) in [7, 11) is 2.57. The van der Waals surface area contributed by atoms with Gasteiger partial charge in [-0.25, -0.2) is 0 Å². The van der Waals surface area contributed by atoms with Crippen LogP contribution in [-0.4, -0.2) is 44.2 Å². The number of nitrogens with one attached hydrogen (secondary N) is 2. The lowest BCUT2D eigenvalue weighted by atomic mass is 9.97. The number of aromatic hydroxyl groups is 1. The first kappa shape index (κ1) is 17.7. The molecule has 0 aromatic heterocycles. The summed E-state index contributed by atoms with van der Waals surface area (Å²) in [5.74, 6) is 1.17. The fourth-order valence-corrected chi connectivity index (χ4v) is 1.84. The van der Waals surface area contributed by atoms with Crippen molar-refractivity contribution in [2.75, 3.05) is 34.0 Å². The molecule has 1 saturated heterocycles. The van der Waals surface area contributed by atoms with Crippen molar-refractivity contribution in [3.05, 3.63) is 23.8 Å². The molecule has 0 atom stereocenters. The van der Waals surface area contributed by atoms with E-state index in [0.717, 1.165) is 26.9 Å². The smallest absolute Gasteiger partial charge is 0.160 e. The molecule has 0 unspecified atom stereocenters. The van der Waals surface area contributed by atoms with Crippen LogP contribution in [0.25, 0.3) is 0 Å². The van der Waals surface area contributed by atoms with Crippen LogP contribution in [0.15, 0.2) is 18.2 Å². The van der Waals surface area contributed by atoms with Gasteiger partial charge < -0.3 is 25.6 Å². The molecule has 1 aliphatic rings. The second-order valence-corrected chi connectivity index (χ2v) is 3.71. The summed E-state index contributed by atoms with van der Waals surface area (Å²) in [4.78, 5) is 0. The zero-order chi connectivity index (χ0) is 14.7. The molecule has 1 aromatic rings. The minimum atomic E-state index is 0.193. The van der Waals surface area contributed by atoms with Crippen LogP contribution in [0.1, 0.15) is 25.3 Å². The van der Waals surface area contributed by atoms with E-state index in [0.29, 0.717) is 11.7 Å². The summed E-state index contributed by atoms with van der Waals surface area (Å²) in [5, 5.41) is 23.0. The van der Waals surface area contributed by atoms with E-state index in [-0.39, 0.29) is 5.75 Å². The quantitative estimate of drug-likeness (QED) is 0.651. The largest absolute Gasteiger partial charge is 0.504 e. The van der Waals surface area contributed by atoms with Crippen LogP contribution in [0.5, 0.6) is 11.5 Å². The van der Waals surface area contributed by atoms with Crippen LogP contribution in [0.2, 0.25) is 0 Å². The summed E-state index contributed by atoms with van der Waals surface area (Å²) < 4.78 is 5.09. The topological polar surface area (TPSA) is 73.8 Å². The van der Waals surface area contributed by atoms with Crippen molar-refractivity contribution < 1.29 is 14.9 Å². The highest BCUT2D eigenvalue weighted by atomic mass is 16.5. The average Bonchev–Trinajstić information content (AvgIpc) is 2.52. The fraction of sp³-hybridized carbons (Fsp3) is 0.571. The number of phenols is 1. The highest BCUT2D eigenvalue weighted by Gasteiger charge is 2.16. The molecule has 1 aromatic carbocycles. The van der Waals surface area contributed by atoms with Gasteiger partial charge >= 0.3 is 0 Å². The van der Waals surface area contributed by atoms with Crippen molar-refractivity contribution in [2.24, 2.45) is 0 Å². The van der Waals surface area contributed by atoms with E-state index >= 15 is 0 Å². The lowest BCUT2D eigenvalue weighted by molar-refractivity contribution is 0.371. The molecule has 19 heavy (non-hydrogen) atoms. The first-order chi connectivity index (χ1) is 9.31. The molecule has 1 heterocycles. The van der Waals surface area contributed by atoms with Crippen molar-refractivity contribution in [2.45, 2.75) is 19.8 Å². The van der Waals surface area contributed by atoms with Crippen molar-refractivity contribution in [3.8, 4) is 11.5 Å². The summed E-state index contributed by atoms with van der Waals surface area (Å²) in [6.07, 6.45) is 0. The zero-order valence-electron chi connectivity index (χ0n) is 12.2. The van der Waals surface area contributed by atoms with E-state index < -0.39 is 0 Å². The molecular formula is C14H26N2O3. The third-order valence-electron chi connectivity index (χ3n) is 2.71. The fourth-order valence-electron chi connectivity index (χ4n) is 1.84. The third-order valence-corrected chi connectivity index (χ3v) is 2.71. The number of methoxy groups -OCH3 is 1. The number of hydrogen-bond acceptors (Lipinski definition) is 5. The third kappa shape index (κ3) is 5.46. The number of rotatable bonds is 2. The Labute approximate surface area is 115 Å². The molecule has 5 heteroatoms. The van der Waals surface area contributed by atoms with Gasteiger partial charge in [-0.15, -0.1) is 0 Å². The Morgan fingerprint density at radius 3 is 2.26 bits per heavy atom. The SMILES string of the molecule is CC.CO.COc1cc(C2CNCNC2)ccc1O. The Balaban J connectivity index is 0.000000741. The minimum Gasteiger partial charge on any atom is -0.504 e. The van der Waals surface area contributed by atoms with Crippen LogP contribution in [-0.2, 0) is 0 Å². The van der Waals surface area contributed by atoms with Crippen LogP contribution >= 0.6 is 0 Å². The molecule has 110 valence electrons. The highest BCUT2D eigenvalue weighted by molar-refractivity contribution is 5.43. The van der Waals surface area contributed by atoms with Gasteiger partial charge in [0.05, 0.1) is 7.11 Å². The number of aliphatic hydroxyl groups excluding tert-OH is 1. The maximum atomic E-state index is 9.48. The molecule has 1 aliphatic heterocycles. The van der Waals surface area contributed by atoms with Crippen molar-refractivity contribution in [1.29, 1.82) is 0 Å². The number of benzene rings is 1. The second kappa shape index (κ2) is 10.6. The number of phenolic OH excluding ortho intramolecular Hbond substituents is 1. The highest BCUT2D eigenvalue weighted by Crippen LogP contribution is 2.29. The molecular weight excluding hydrogens is 244 g/mol. The second-order valence-electron chi connectivity index (χ2n) is 3.71. The predicted octanol–water partition coefficient (Wildman–Crippen LogP) is 1.27. The van der Waals surface area contributed by atoms with E-state index in [9.17, 15) is 5.11 Å². The Morgan fingerprint density at radius 1 is 1.16 bits per heavy atom. The summed E-state index contributed by atoms with van der Waals surface area (Å²) in [6, 6.07) is 5.52. The van der Waals surface area contributed by atoms with Crippen LogP contribution in [0.3, 0.4) is 0 Å². The van der Waals surface area contributed by atoms with E-state index in [1.54, 1.807) is 13.2 Å². The number of ether oxygens (including phenoxy) is 1. The molecule has 0 bridgehead atoms. The van der Waals surface area contributed by atoms with E-state index in [1.165, 1.54) is 5.56 Å². The average molecular weight is 270 g/mol. The van der Waals surface area contributed by atoms with Gasteiger partial charge in [-0.05, 0) is 17.7 Å². The molecule has 0 spiro atoms. The summed E-state index contributed by atoms with van der Waals surface area (Å²) >= 11 is 0. The summed E-state index contributed by atoms with van der Waals surface area (Å²) in [5.41, 5.74) is 1.18. The first-order valence-corrected chi connectivity index (χ1v) is 6.54. The van der Waals surface area contributed by atoms with Gasteiger partial charge in [0, 0.05) is 32.8 Å². The number of aliphatic hydroxyl groups is 1. The van der Waals surface area contributed by atoms with Crippen molar-refractivity contribution >= 4 is 0 Å². The van der Waals surface area contributed by atoms with Gasteiger partial charge in [0.2, 0.25) is 0 Å². The molecule has 2 rings (SSSR count). The monoisotopic (exact) mass is 270 g/mol. The predicted molar refractivity (Wildman–Crippen MR) is 77.8 cm³/mol. The molecule has 4 N–H and O–H groups in total. The van der Waals surface area contributed by atoms with Gasteiger partial charge in [-0.2, -0.15) is 0 Å². The lowest BCUT2D eigenvalue weighted by Crippen LogP contribution is -2.42. The van der Waals surface area contributed by atoms with E-state index in [4.69, 9.17) is 9.84 Å². The number of hydrogen-bond donors (Lipinski definition) is 4. The summed E-state index contributed by atoms with van der Waals surface area (Å²) in [6.45, 7) is 6.79. The lowest BCUT2D eigenvalue weighted by Gasteiger charge is -2.24. The first-order valence-electron chi connectivity index (χ1n) is 6.54. The van der Waals surface area contributed by atoms with E-state index in [2.05, 4.69) is 10.6 Å². The van der Waals surface area contributed by atoms with E-state index in [1.807, 2.05) is 26.0 Å². The molecule has 0 amide bonds. The van der Waals surface area contributed by atoms with Gasteiger partial charge in [-0.1, -0.05) is 19.9 Å². The Hall–Kier alpha value is -1.30. The Bertz CT molecular complexity index is 339. The van der Waals surface area contributed by atoms with Crippen LogP contribution in [0.4, 0.5) is 0 Å². The Kier molecular flexibility index (Phi) is 9.88. The molecule has 1 fully saturated rings. The zero-order valence-corrected chi connectivity index (χ0v) is 12.2. The molecule has 0 radical (unpaired) electrons. The normalized spacial score (nSPS) is 14.6. The van der Waals surface area contributed by atoms with Gasteiger partial charge in [0.15, 0.2) is 11.5 Å². The maximum Gasteiger partial charge on any atom is 0.160 e. The molecule has 0 saturated carbocycles. The van der Waals surface area contributed by atoms with Gasteiger partial charge in [0.25, 0.3) is 0 Å². The standard InChI is InChI=1S/C11H16N2O2.C2H6.CH4O/c1-15-11-4-8(2-3-10(11)14)9-5-12-7-13-6-9;2*1-2/h2-4,9,12-14H,5-7H2,1H3;1-2H3;2H,1H3. The van der Waals surface area contributed by atoms with Crippen molar-refractivity contribution in [1.82, 2.24) is 10.6 Å². The van der Waals surface area contributed by atoms with Gasteiger partial charge in [-0.3, -0.25) is 0 Å². The van der Waals surface area contributed by atoms with Crippen LogP contribution in [0, 0.1) is 0 Å². The maximum absolute atomic E-state index is 9.48. The Morgan fingerprint density at radius 2 is 1.74 bits per heavy atom. The molecule has 5 nitrogen and oxygen atoms in total. The van der Waals surface area contributed by atoms with Crippen molar-refractivity contribution in [3.63, 3.8) is 0 Å². The molecule has 0 aliphatic carbocycles. The van der Waals surface area contributed by atoms with Crippen LogP contribution < -0.4 is 15.4 Å². The minimum absolute atomic E-state index is 0.193.